The summed E-state index contributed by atoms with van der Waals surface area (Å²) in [5, 5.41) is 15.6. The summed E-state index contributed by atoms with van der Waals surface area (Å²) >= 11 is 0. The number of Topliss-reactive ketones (excluding diaryl/α,β-unsaturated/α-hetero) is 1. The first kappa shape index (κ1) is 22.0. The number of methoxy groups -OCH3 is 1. The van der Waals surface area contributed by atoms with Crippen molar-refractivity contribution in [3.63, 3.8) is 0 Å². The highest BCUT2D eigenvalue weighted by Crippen LogP contribution is 2.42. The van der Waals surface area contributed by atoms with E-state index in [0.29, 0.717) is 39.4 Å². The molecule has 0 aromatic heterocycles. The molecule has 33 heavy (non-hydrogen) atoms. The van der Waals surface area contributed by atoms with Gasteiger partial charge in [-0.3, -0.25) is 14.9 Å². The molecule has 0 amide bonds. The molecule has 0 radical (unpaired) electrons. The zero-order valence-electron chi connectivity index (χ0n) is 18.7. The molecule has 0 fully saturated rings. The van der Waals surface area contributed by atoms with Crippen LogP contribution in [0.4, 0.5) is 0 Å². The van der Waals surface area contributed by atoms with Crippen molar-refractivity contribution in [3.05, 3.63) is 128 Å². The molecule has 1 aliphatic rings. The topological polar surface area (TPSA) is 81.5 Å². The van der Waals surface area contributed by atoms with E-state index in [-0.39, 0.29) is 16.4 Å². The van der Waals surface area contributed by atoms with E-state index in [1.165, 1.54) is 0 Å². The van der Waals surface area contributed by atoms with Crippen LogP contribution in [-0.2, 0) is 0 Å². The molecule has 166 valence electrons. The van der Waals surface area contributed by atoms with Gasteiger partial charge in [0.1, 0.15) is 17.4 Å². The van der Waals surface area contributed by atoms with Gasteiger partial charge in [-0.2, -0.15) is 0 Å². The molecule has 0 bridgehead atoms. The molecule has 6 nitrogen and oxygen atoms in total. The molecule has 6 heteroatoms. The molecule has 1 aliphatic heterocycles. The number of aryl methyl sites for hydroxylation is 1. The van der Waals surface area contributed by atoms with Crippen LogP contribution in [0.5, 0.6) is 5.75 Å². The Balaban J connectivity index is 1.94. The number of allylic oxidation sites excluding steroid dienone is 2. The van der Waals surface area contributed by atoms with Gasteiger partial charge >= 0.3 is 0 Å². The highest BCUT2D eigenvalue weighted by molar-refractivity contribution is 6.11. The van der Waals surface area contributed by atoms with Crippen LogP contribution in [0.2, 0.25) is 0 Å². The van der Waals surface area contributed by atoms with Crippen LogP contribution in [-0.4, -0.2) is 17.8 Å². The quantitative estimate of drug-likeness (QED) is 0.311. The van der Waals surface area contributed by atoms with Gasteiger partial charge in [0.15, 0.2) is 5.78 Å². The van der Waals surface area contributed by atoms with Gasteiger partial charge in [0.2, 0.25) is 0 Å². The second kappa shape index (κ2) is 9.12. The third-order valence-corrected chi connectivity index (χ3v) is 5.80. The highest BCUT2D eigenvalue weighted by atomic mass is 16.6. The van der Waals surface area contributed by atoms with Crippen LogP contribution < -0.4 is 10.1 Å². The lowest BCUT2D eigenvalue weighted by Gasteiger charge is -2.28. The number of ketones is 1. The van der Waals surface area contributed by atoms with Crippen LogP contribution in [0.1, 0.15) is 39.9 Å². The first-order valence-electron chi connectivity index (χ1n) is 10.6. The SMILES string of the molecule is COc1ccc(C2C(C(=O)c3ccc(C)cc3)=C(C)NC(c3ccccc3)=C2[N+](=O)[O-])cc1. The van der Waals surface area contributed by atoms with Crippen molar-refractivity contribution in [1.82, 2.24) is 5.32 Å². The maximum absolute atomic E-state index is 13.7. The number of nitrogens with zero attached hydrogens (tertiary/aromatic N) is 1. The average molecular weight is 440 g/mol. The maximum Gasteiger partial charge on any atom is 0.282 e. The molecular formula is C27H24N2O4. The molecule has 3 aromatic rings. The maximum atomic E-state index is 13.7. The standard InChI is InChI=1S/C27H24N2O4/c1-17-9-11-21(12-10-17)27(30)23-18(2)28-25(20-7-5-4-6-8-20)26(29(31)32)24(23)19-13-15-22(33-3)16-14-19/h4-16,24,28H,1-3H3. The Hall–Kier alpha value is -4.19. The van der Waals surface area contributed by atoms with Gasteiger partial charge in [-0.05, 0) is 31.5 Å². The van der Waals surface area contributed by atoms with Gasteiger partial charge in [-0.1, -0.05) is 72.3 Å². The number of carbonyl (C=O) groups is 1. The highest BCUT2D eigenvalue weighted by Gasteiger charge is 2.41. The van der Waals surface area contributed by atoms with E-state index in [1.54, 1.807) is 50.4 Å². The fourth-order valence-electron chi connectivity index (χ4n) is 4.12. The predicted molar refractivity (Wildman–Crippen MR) is 127 cm³/mol. The summed E-state index contributed by atoms with van der Waals surface area (Å²) < 4.78 is 5.26. The third kappa shape index (κ3) is 4.28. The number of dihydropyridines is 1. The Labute approximate surface area is 192 Å². The van der Waals surface area contributed by atoms with Gasteiger partial charge < -0.3 is 10.1 Å². The molecule has 4 rings (SSSR count). The number of hydrogen-bond acceptors (Lipinski definition) is 5. The van der Waals surface area contributed by atoms with Gasteiger partial charge in [0.05, 0.1) is 12.0 Å². The van der Waals surface area contributed by atoms with Crippen LogP contribution in [0, 0.1) is 17.0 Å². The number of benzene rings is 3. The van der Waals surface area contributed by atoms with Crippen molar-refractivity contribution in [2.75, 3.05) is 7.11 Å². The summed E-state index contributed by atoms with van der Waals surface area (Å²) in [5.41, 5.74) is 4.12. The molecule has 0 aliphatic carbocycles. The number of hydrogen-bond donors (Lipinski definition) is 1. The third-order valence-electron chi connectivity index (χ3n) is 5.80. The molecular weight excluding hydrogens is 416 g/mol. The van der Waals surface area contributed by atoms with Crippen molar-refractivity contribution in [2.45, 2.75) is 19.8 Å². The summed E-state index contributed by atoms with van der Waals surface area (Å²) in [6.45, 7) is 3.73. The smallest absolute Gasteiger partial charge is 0.282 e. The first-order chi connectivity index (χ1) is 15.9. The van der Waals surface area contributed by atoms with E-state index in [1.807, 2.05) is 49.4 Å². The second-order valence-electron chi connectivity index (χ2n) is 7.95. The van der Waals surface area contributed by atoms with Gasteiger partial charge in [-0.25, -0.2) is 0 Å². The van der Waals surface area contributed by atoms with Crippen molar-refractivity contribution < 1.29 is 14.5 Å². The molecule has 0 saturated carbocycles. The first-order valence-corrected chi connectivity index (χ1v) is 10.6. The molecule has 1 heterocycles. The minimum Gasteiger partial charge on any atom is -0.497 e. The number of ether oxygens (including phenoxy) is 1. The summed E-state index contributed by atoms with van der Waals surface area (Å²) in [6.07, 6.45) is 0. The van der Waals surface area contributed by atoms with E-state index in [9.17, 15) is 14.9 Å². The zero-order chi connectivity index (χ0) is 23.5. The lowest BCUT2D eigenvalue weighted by atomic mass is 9.79. The monoisotopic (exact) mass is 440 g/mol. The predicted octanol–water partition coefficient (Wildman–Crippen LogP) is 5.49. The zero-order valence-corrected chi connectivity index (χ0v) is 18.7. The largest absolute Gasteiger partial charge is 0.497 e. The van der Waals surface area contributed by atoms with Gasteiger partial charge in [0.25, 0.3) is 5.70 Å². The summed E-state index contributed by atoms with van der Waals surface area (Å²) in [6, 6.07) is 23.4. The minimum atomic E-state index is -0.851. The van der Waals surface area contributed by atoms with E-state index < -0.39 is 5.92 Å². The van der Waals surface area contributed by atoms with Crippen molar-refractivity contribution in [2.24, 2.45) is 0 Å². The minimum absolute atomic E-state index is 0.0626. The molecule has 1 unspecified atom stereocenters. The van der Waals surface area contributed by atoms with E-state index >= 15 is 0 Å². The molecule has 0 saturated heterocycles. The van der Waals surface area contributed by atoms with Crippen LogP contribution in [0.15, 0.2) is 95.8 Å². The second-order valence-corrected chi connectivity index (χ2v) is 7.95. The van der Waals surface area contributed by atoms with Crippen molar-refractivity contribution >= 4 is 11.5 Å². The number of rotatable bonds is 6. The van der Waals surface area contributed by atoms with E-state index in [0.717, 1.165) is 5.56 Å². The number of nitrogens with one attached hydrogen (secondary N) is 1. The van der Waals surface area contributed by atoms with Crippen molar-refractivity contribution in [3.8, 4) is 5.75 Å². The van der Waals surface area contributed by atoms with Gasteiger partial charge in [0, 0.05) is 22.4 Å². The Kier molecular flexibility index (Phi) is 6.09. The molecule has 3 aromatic carbocycles. The summed E-state index contributed by atoms with van der Waals surface area (Å²) in [4.78, 5) is 25.7. The van der Waals surface area contributed by atoms with Crippen molar-refractivity contribution in [1.29, 1.82) is 0 Å². The Morgan fingerprint density at radius 3 is 2.15 bits per heavy atom. The lowest BCUT2D eigenvalue weighted by molar-refractivity contribution is -0.428. The van der Waals surface area contributed by atoms with Crippen LogP contribution >= 0.6 is 0 Å². The van der Waals surface area contributed by atoms with E-state index in [2.05, 4.69) is 5.32 Å². The summed E-state index contributed by atoms with van der Waals surface area (Å²) in [7, 11) is 1.56. The Morgan fingerprint density at radius 2 is 1.58 bits per heavy atom. The van der Waals surface area contributed by atoms with Crippen LogP contribution in [0.3, 0.4) is 0 Å². The Morgan fingerprint density at radius 1 is 0.939 bits per heavy atom. The van der Waals surface area contributed by atoms with Gasteiger partial charge in [-0.15, -0.1) is 0 Å². The average Bonchev–Trinajstić information content (AvgIpc) is 2.84. The Bertz CT molecular complexity index is 1260. The lowest BCUT2D eigenvalue weighted by Crippen LogP contribution is -2.31. The van der Waals surface area contributed by atoms with Crippen LogP contribution in [0.25, 0.3) is 5.70 Å². The normalized spacial score (nSPS) is 15.8. The molecule has 0 spiro atoms. The van der Waals surface area contributed by atoms with E-state index in [4.69, 9.17) is 4.74 Å². The molecule has 1 N–H and O–H groups in total. The number of carbonyl (C=O) groups excluding carboxylic acids is 1. The molecule has 1 atom stereocenters. The fourth-order valence-corrected chi connectivity index (χ4v) is 4.12. The number of nitro groups is 1. The summed E-state index contributed by atoms with van der Waals surface area (Å²) in [5.74, 6) is -0.460. The fraction of sp³-hybridized carbons (Fsp3) is 0.148.